The van der Waals surface area contributed by atoms with Crippen LogP contribution in [0, 0.1) is 0 Å². The van der Waals surface area contributed by atoms with Crippen molar-refractivity contribution in [2.45, 2.75) is 52.1 Å². The predicted octanol–water partition coefficient (Wildman–Crippen LogP) is 2.08. The Kier molecular flexibility index (Phi) is 4.42. The van der Waals surface area contributed by atoms with Crippen LogP contribution in [0.25, 0.3) is 0 Å². The molecule has 106 valence electrons. The molecular formula is C13H24N6. The molecule has 2 rings (SSSR count). The topological polar surface area (TPSA) is 79.1 Å². The lowest BCUT2D eigenvalue weighted by molar-refractivity contribution is 0.135. The van der Waals surface area contributed by atoms with E-state index in [2.05, 4.69) is 39.6 Å². The summed E-state index contributed by atoms with van der Waals surface area (Å²) >= 11 is 0. The van der Waals surface area contributed by atoms with Crippen LogP contribution in [0.3, 0.4) is 0 Å². The summed E-state index contributed by atoms with van der Waals surface area (Å²) in [5.74, 6) is 1.80. The van der Waals surface area contributed by atoms with Crippen molar-refractivity contribution in [2.24, 2.45) is 0 Å². The average molecular weight is 264 g/mol. The first-order chi connectivity index (χ1) is 9.10. The van der Waals surface area contributed by atoms with Gasteiger partial charge in [0.1, 0.15) is 11.6 Å². The van der Waals surface area contributed by atoms with Gasteiger partial charge in [0.05, 0.1) is 0 Å². The Morgan fingerprint density at radius 2 is 1.89 bits per heavy atom. The van der Waals surface area contributed by atoms with E-state index in [1.807, 2.05) is 13.0 Å². The van der Waals surface area contributed by atoms with Crippen molar-refractivity contribution >= 4 is 17.6 Å². The molecule has 2 atom stereocenters. The van der Waals surface area contributed by atoms with Gasteiger partial charge in [-0.2, -0.15) is 9.97 Å². The van der Waals surface area contributed by atoms with E-state index in [4.69, 9.17) is 5.73 Å². The van der Waals surface area contributed by atoms with E-state index in [1.54, 1.807) is 0 Å². The van der Waals surface area contributed by atoms with Gasteiger partial charge in [0.25, 0.3) is 0 Å². The summed E-state index contributed by atoms with van der Waals surface area (Å²) in [6.07, 6.45) is 3.70. The van der Waals surface area contributed by atoms with Gasteiger partial charge in [-0.15, -0.1) is 0 Å². The van der Waals surface area contributed by atoms with Crippen LogP contribution in [0.5, 0.6) is 0 Å². The SMILES string of the molecule is CCNc1cc(NN2C(C)CCCC2C)nc(N)n1. The second kappa shape index (κ2) is 6.06. The lowest BCUT2D eigenvalue weighted by atomic mass is 10.00. The van der Waals surface area contributed by atoms with Gasteiger partial charge in [-0.1, -0.05) is 6.42 Å². The summed E-state index contributed by atoms with van der Waals surface area (Å²) in [6, 6.07) is 2.90. The van der Waals surface area contributed by atoms with E-state index >= 15 is 0 Å². The molecule has 1 aromatic heterocycles. The van der Waals surface area contributed by atoms with E-state index in [-0.39, 0.29) is 0 Å². The number of nitrogens with zero attached hydrogens (tertiary/aromatic N) is 3. The van der Waals surface area contributed by atoms with Gasteiger partial charge in [0, 0.05) is 24.7 Å². The molecule has 0 spiro atoms. The van der Waals surface area contributed by atoms with Crippen molar-refractivity contribution in [2.75, 3.05) is 23.0 Å². The number of piperidine rings is 1. The lowest BCUT2D eigenvalue weighted by Crippen LogP contribution is -2.47. The zero-order chi connectivity index (χ0) is 13.8. The molecule has 2 heterocycles. The monoisotopic (exact) mass is 264 g/mol. The van der Waals surface area contributed by atoms with Gasteiger partial charge >= 0.3 is 0 Å². The summed E-state index contributed by atoms with van der Waals surface area (Å²) in [5, 5.41) is 5.42. The second-order valence-electron chi connectivity index (χ2n) is 5.17. The van der Waals surface area contributed by atoms with Crippen LogP contribution in [0.1, 0.15) is 40.0 Å². The molecule has 0 aliphatic carbocycles. The Bertz CT molecular complexity index is 412. The van der Waals surface area contributed by atoms with E-state index in [9.17, 15) is 0 Å². The lowest BCUT2D eigenvalue weighted by Gasteiger charge is -2.39. The first-order valence-electron chi connectivity index (χ1n) is 7.03. The van der Waals surface area contributed by atoms with Crippen molar-refractivity contribution < 1.29 is 0 Å². The number of hydrogen-bond donors (Lipinski definition) is 3. The molecule has 6 nitrogen and oxygen atoms in total. The zero-order valence-electron chi connectivity index (χ0n) is 12.0. The number of nitrogens with one attached hydrogen (secondary N) is 2. The largest absolute Gasteiger partial charge is 0.370 e. The third-order valence-corrected chi connectivity index (χ3v) is 3.54. The number of hydrogen-bond acceptors (Lipinski definition) is 6. The van der Waals surface area contributed by atoms with Crippen LogP contribution in [-0.2, 0) is 0 Å². The zero-order valence-corrected chi connectivity index (χ0v) is 12.0. The summed E-state index contributed by atoms with van der Waals surface area (Å²) in [6.45, 7) is 7.31. The van der Waals surface area contributed by atoms with Crippen LogP contribution < -0.4 is 16.5 Å². The Morgan fingerprint density at radius 1 is 1.26 bits per heavy atom. The molecule has 0 radical (unpaired) electrons. The Hall–Kier alpha value is -1.56. The molecule has 0 amide bonds. The molecule has 1 aliphatic heterocycles. The fraction of sp³-hybridized carbons (Fsp3) is 0.692. The molecule has 0 bridgehead atoms. The Balaban J connectivity index is 2.13. The van der Waals surface area contributed by atoms with Crippen LogP contribution in [0.15, 0.2) is 6.07 Å². The molecule has 6 heteroatoms. The van der Waals surface area contributed by atoms with Crippen LogP contribution in [0.2, 0.25) is 0 Å². The van der Waals surface area contributed by atoms with Gasteiger partial charge in [-0.3, -0.25) is 0 Å². The van der Waals surface area contributed by atoms with Crippen molar-refractivity contribution in [3.8, 4) is 0 Å². The molecule has 19 heavy (non-hydrogen) atoms. The molecular weight excluding hydrogens is 240 g/mol. The highest BCUT2D eigenvalue weighted by molar-refractivity contribution is 5.50. The molecule has 1 aliphatic rings. The van der Waals surface area contributed by atoms with Gasteiger partial charge in [0.2, 0.25) is 5.95 Å². The molecule has 1 fully saturated rings. The van der Waals surface area contributed by atoms with Crippen molar-refractivity contribution in [1.82, 2.24) is 15.0 Å². The maximum absolute atomic E-state index is 5.74. The highest BCUT2D eigenvalue weighted by atomic mass is 15.5. The first-order valence-corrected chi connectivity index (χ1v) is 7.03. The van der Waals surface area contributed by atoms with E-state index < -0.39 is 0 Å². The maximum atomic E-state index is 5.74. The van der Waals surface area contributed by atoms with Crippen LogP contribution >= 0.6 is 0 Å². The molecule has 2 unspecified atom stereocenters. The predicted molar refractivity (Wildman–Crippen MR) is 78.8 cm³/mol. The molecule has 1 aromatic rings. The summed E-state index contributed by atoms with van der Waals surface area (Å²) in [5.41, 5.74) is 9.13. The number of nitrogens with two attached hydrogens (primary N) is 1. The fourth-order valence-corrected chi connectivity index (χ4v) is 2.57. The summed E-state index contributed by atoms with van der Waals surface area (Å²) < 4.78 is 0. The summed E-state index contributed by atoms with van der Waals surface area (Å²) in [7, 11) is 0. The second-order valence-corrected chi connectivity index (χ2v) is 5.17. The molecule has 0 saturated carbocycles. The number of aromatic nitrogens is 2. The first kappa shape index (κ1) is 13.9. The summed E-state index contributed by atoms with van der Waals surface area (Å²) in [4.78, 5) is 8.40. The third kappa shape index (κ3) is 3.47. The number of hydrazine groups is 1. The van der Waals surface area contributed by atoms with Crippen molar-refractivity contribution in [1.29, 1.82) is 0 Å². The fourth-order valence-electron chi connectivity index (χ4n) is 2.57. The minimum absolute atomic E-state index is 0.290. The maximum Gasteiger partial charge on any atom is 0.223 e. The molecule has 4 N–H and O–H groups in total. The highest BCUT2D eigenvalue weighted by Crippen LogP contribution is 2.23. The molecule has 0 aromatic carbocycles. The van der Waals surface area contributed by atoms with Gasteiger partial charge in [0.15, 0.2) is 0 Å². The van der Waals surface area contributed by atoms with Crippen molar-refractivity contribution in [3.63, 3.8) is 0 Å². The third-order valence-electron chi connectivity index (χ3n) is 3.54. The smallest absolute Gasteiger partial charge is 0.223 e. The number of nitrogen functional groups attached to an aromatic ring is 1. The standard InChI is InChI=1S/C13H24N6/c1-4-15-11-8-12(17-13(14)16-11)18-19-9(2)6-5-7-10(19)3/h8-10H,4-7H2,1-3H3,(H4,14,15,16,17,18). The Morgan fingerprint density at radius 3 is 2.53 bits per heavy atom. The van der Waals surface area contributed by atoms with Gasteiger partial charge < -0.3 is 16.5 Å². The van der Waals surface area contributed by atoms with Crippen LogP contribution in [-0.4, -0.2) is 33.6 Å². The number of anilines is 3. The number of rotatable bonds is 4. The quantitative estimate of drug-likeness (QED) is 0.772. The minimum Gasteiger partial charge on any atom is -0.370 e. The average Bonchev–Trinajstić information content (AvgIpc) is 2.34. The normalized spacial score (nSPS) is 24.2. The van der Waals surface area contributed by atoms with Gasteiger partial charge in [-0.25, -0.2) is 5.01 Å². The highest BCUT2D eigenvalue weighted by Gasteiger charge is 2.25. The van der Waals surface area contributed by atoms with Crippen LogP contribution in [0.4, 0.5) is 17.6 Å². The minimum atomic E-state index is 0.290. The Labute approximate surface area is 114 Å². The van der Waals surface area contributed by atoms with E-state index in [0.717, 1.165) is 18.2 Å². The van der Waals surface area contributed by atoms with E-state index in [0.29, 0.717) is 18.0 Å². The molecule has 1 saturated heterocycles. The van der Waals surface area contributed by atoms with Crippen molar-refractivity contribution in [3.05, 3.63) is 6.07 Å². The van der Waals surface area contributed by atoms with Gasteiger partial charge in [-0.05, 0) is 33.6 Å². The van der Waals surface area contributed by atoms with E-state index in [1.165, 1.54) is 19.3 Å².